The van der Waals surface area contributed by atoms with Crippen LogP contribution in [0.2, 0.25) is 0 Å². The van der Waals surface area contributed by atoms with Crippen molar-refractivity contribution >= 4 is 28.5 Å². The second kappa shape index (κ2) is 14.7. The van der Waals surface area contributed by atoms with Gasteiger partial charge in [-0.15, -0.1) is 0 Å². The molecule has 5 aromatic carbocycles. The summed E-state index contributed by atoms with van der Waals surface area (Å²) in [5.41, 5.74) is 18.1. The number of allylic oxidation sites excluding steroid dienone is 8. The molecule has 0 amide bonds. The Balaban J connectivity index is 1.28. The molecule has 0 atom stereocenters. The van der Waals surface area contributed by atoms with Gasteiger partial charge in [-0.25, -0.2) is 0 Å². The van der Waals surface area contributed by atoms with Gasteiger partial charge in [0.2, 0.25) is 0 Å². The van der Waals surface area contributed by atoms with Gasteiger partial charge in [-0.2, -0.15) is 0 Å². The van der Waals surface area contributed by atoms with E-state index in [4.69, 9.17) is 5.73 Å². The van der Waals surface area contributed by atoms with Crippen molar-refractivity contribution in [2.75, 3.05) is 11.4 Å². The maximum atomic E-state index is 6.81. The van der Waals surface area contributed by atoms with Gasteiger partial charge in [0.05, 0.1) is 5.52 Å². The van der Waals surface area contributed by atoms with Crippen molar-refractivity contribution in [3.05, 3.63) is 218 Å². The van der Waals surface area contributed by atoms with Crippen LogP contribution in [0, 0.1) is 0 Å². The van der Waals surface area contributed by atoms with E-state index in [-0.39, 0.29) is 0 Å². The van der Waals surface area contributed by atoms with E-state index in [0.29, 0.717) is 12.2 Å². The third kappa shape index (κ3) is 6.85. The monoisotopic (exact) mass is 645 g/mol. The molecule has 2 N–H and O–H groups in total. The lowest BCUT2D eigenvalue weighted by Gasteiger charge is -2.23. The lowest BCUT2D eigenvalue weighted by Crippen LogP contribution is -2.20. The first-order valence-electron chi connectivity index (χ1n) is 16.8. The Morgan fingerprint density at radius 2 is 1.22 bits per heavy atom. The van der Waals surface area contributed by atoms with Crippen LogP contribution in [0.4, 0.5) is 5.82 Å². The summed E-state index contributed by atoms with van der Waals surface area (Å²) in [6.45, 7) is 9.10. The second-order valence-electron chi connectivity index (χ2n) is 12.2. The van der Waals surface area contributed by atoms with Gasteiger partial charge in [-0.05, 0) is 87.5 Å². The molecular weight excluding hydrogens is 607 g/mol. The standard InChI is InChI=1S/C47H39N3/c1-35-18-14-16-30-49(47-44(29-28-36(35)2)43-25-12-13-27-46(43)50(47)42-23-10-5-11-24-42)31-17-15-26-45(48)41-33-39(37-19-6-3-7-20-37)32-40(34-41)38-21-8-4-9-22-38/h3-30,32-34H,1-2,31,48H2/b17-15-,18-14-,29-28-,30-16-,45-26-. The molecule has 0 fully saturated rings. The van der Waals surface area contributed by atoms with Crippen molar-refractivity contribution in [2.45, 2.75) is 0 Å². The number of nitrogens with zero attached hydrogens (tertiary/aromatic N) is 2. The molecule has 0 bridgehead atoms. The Kier molecular flexibility index (Phi) is 9.39. The lowest BCUT2D eigenvalue weighted by molar-refractivity contribution is 0.989. The second-order valence-corrected chi connectivity index (χ2v) is 12.2. The molecule has 7 rings (SSSR count). The van der Waals surface area contributed by atoms with Crippen molar-refractivity contribution < 1.29 is 0 Å². The van der Waals surface area contributed by atoms with Crippen molar-refractivity contribution in [2.24, 2.45) is 5.73 Å². The third-order valence-electron chi connectivity index (χ3n) is 8.91. The van der Waals surface area contributed by atoms with E-state index in [9.17, 15) is 0 Å². The smallest absolute Gasteiger partial charge is 0.126 e. The van der Waals surface area contributed by atoms with Crippen LogP contribution in [0.1, 0.15) is 11.1 Å². The van der Waals surface area contributed by atoms with Crippen LogP contribution in [-0.4, -0.2) is 11.1 Å². The molecule has 242 valence electrons. The quantitative estimate of drug-likeness (QED) is 0.175. The Morgan fingerprint density at radius 1 is 0.620 bits per heavy atom. The highest BCUT2D eigenvalue weighted by Gasteiger charge is 2.20. The lowest BCUT2D eigenvalue weighted by atomic mass is 9.95. The highest BCUT2D eigenvalue weighted by atomic mass is 15.2. The number of benzene rings is 5. The molecular formula is C47H39N3. The van der Waals surface area contributed by atoms with Crippen LogP contribution in [0.5, 0.6) is 0 Å². The number of para-hydroxylation sites is 2. The number of hydrogen-bond donors (Lipinski definition) is 1. The molecule has 2 heterocycles. The summed E-state index contributed by atoms with van der Waals surface area (Å²) in [4.78, 5) is 2.28. The molecule has 0 saturated heterocycles. The average Bonchev–Trinajstić information content (AvgIpc) is 3.49. The summed E-state index contributed by atoms with van der Waals surface area (Å²) in [5, 5.41) is 1.16. The molecule has 3 heteroatoms. The van der Waals surface area contributed by atoms with Crippen LogP contribution in [-0.2, 0) is 0 Å². The minimum absolute atomic E-state index is 0.610. The summed E-state index contributed by atoms with van der Waals surface area (Å²) in [7, 11) is 0. The summed E-state index contributed by atoms with van der Waals surface area (Å²) < 4.78 is 2.33. The summed E-state index contributed by atoms with van der Waals surface area (Å²) in [5.74, 6) is 1.06. The molecule has 1 aliphatic rings. The first kappa shape index (κ1) is 32.0. The molecule has 0 unspecified atom stereocenters. The number of rotatable bonds is 7. The fourth-order valence-corrected chi connectivity index (χ4v) is 6.31. The van der Waals surface area contributed by atoms with Crippen LogP contribution in [0.3, 0.4) is 0 Å². The van der Waals surface area contributed by atoms with Crippen molar-refractivity contribution in [3.8, 4) is 27.9 Å². The van der Waals surface area contributed by atoms with Gasteiger partial charge in [-0.1, -0.05) is 147 Å². The number of fused-ring (bicyclic) bond motifs is 3. The summed E-state index contributed by atoms with van der Waals surface area (Å²) in [6.07, 6.45) is 18.6. The molecule has 0 radical (unpaired) electrons. The van der Waals surface area contributed by atoms with Crippen molar-refractivity contribution in [1.29, 1.82) is 0 Å². The highest BCUT2D eigenvalue weighted by molar-refractivity contribution is 5.98. The molecule has 1 aliphatic heterocycles. The van der Waals surface area contributed by atoms with Crippen LogP contribution in [0.25, 0.3) is 50.6 Å². The van der Waals surface area contributed by atoms with Gasteiger partial charge in [0.15, 0.2) is 0 Å². The first-order valence-corrected chi connectivity index (χ1v) is 16.8. The fourth-order valence-electron chi connectivity index (χ4n) is 6.31. The van der Waals surface area contributed by atoms with Gasteiger partial charge in [0, 0.05) is 35.1 Å². The van der Waals surface area contributed by atoms with E-state index < -0.39 is 0 Å². The zero-order valence-corrected chi connectivity index (χ0v) is 28.0. The van der Waals surface area contributed by atoms with E-state index in [1.807, 2.05) is 36.4 Å². The number of anilines is 1. The largest absolute Gasteiger partial charge is 0.398 e. The Morgan fingerprint density at radius 3 is 1.90 bits per heavy atom. The first-order chi connectivity index (χ1) is 24.6. The van der Waals surface area contributed by atoms with E-state index >= 15 is 0 Å². The van der Waals surface area contributed by atoms with E-state index in [1.165, 1.54) is 0 Å². The van der Waals surface area contributed by atoms with E-state index in [2.05, 4.69) is 174 Å². The molecule has 0 aliphatic carbocycles. The highest BCUT2D eigenvalue weighted by Crippen LogP contribution is 2.38. The molecule has 50 heavy (non-hydrogen) atoms. The average molecular weight is 646 g/mol. The minimum Gasteiger partial charge on any atom is -0.398 e. The zero-order valence-electron chi connectivity index (χ0n) is 28.0. The Bertz CT molecular complexity index is 2260. The zero-order chi connectivity index (χ0) is 34.3. The molecule has 0 saturated carbocycles. The van der Waals surface area contributed by atoms with Gasteiger partial charge >= 0.3 is 0 Å². The minimum atomic E-state index is 0.610. The SMILES string of the molecule is C=C1/C=C\C=C/N(C/C=C\C=C(/N)c2cc(-c3ccccc3)cc(-c3ccccc3)c2)c2c(c3ccccc3n2-c2ccccc2)/C=C\C1=C. The number of nitrogens with two attached hydrogens (primary N) is 1. The van der Waals surface area contributed by atoms with Crippen LogP contribution in [0.15, 0.2) is 206 Å². The topological polar surface area (TPSA) is 34.2 Å². The van der Waals surface area contributed by atoms with Crippen LogP contribution < -0.4 is 10.6 Å². The number of aromatic nitrogens is 1. The summed E-state index contributed by atoms with van der Waals surface area (Å²) >= 11 is 0. The molecule has 3 nitrogen and oxygen atoms in total. The van der Waals surface area contributed by atoms with Gasteiger partial charge in [0.1, 0.15) is 5.82 Å². The predicted octanol–water partition coefficient (Wildman–Crippen LogP) is 11.5. The van der Waals surface area contributed by atoms with Gasteiger partial charge in [-0.3, -0.25) is 4.57 Å². The number of hydrogen-bond acceptors (Lipinski definition) is 2. The van der Waals surface area contributed by atoms with Gasteiger partial charge < -0.3 is 10.6 Å². The van der Waals surface area contributed by atoms with Crippen molar-refractivity contribution in [3.63, 3.8) is 0 Å². The normalized spacial score (nSPS) is 15.5. The Hall–Kier alpha value is -6.58. The summed E-state index contributed by atoms with van der Waals surface area (Å²) in [6, 6.07) is 46.5. The van der Waals surface area contributed by atoms with Crippen molar-refractivity contribution in [1.82, 2.24) is 4.57 Å². The third-order valence-corrected chi connectivity index (χ3v) is 8.91. The van der Waals surface area contributed by atoms with E-state index in [0.717, 1.165) is 66.9 Å². The predicted molar refractivity (Wildman–Crippen MR) is 215 cm³/mol. The molecule has 0 spiro atoms. The van der Waals surface area contributed by atoms with Gasteiger partial charge in [0.25, 0.3) is 0 Å². The maximum Gasteiger partial charge on any atom is 0.126 e. The Labute approximate surface area is 295 Å². The molecule has 6 aromatic rings. The van der Waals surface area contributed by atoms with Crippen LogP contribution >= 0.6 is 0 Å². The molecule has 1 aromatic heterocycles. The fraction of sp³-hybridized carbons (Fsp3) is 0.0213. The maximum absolute atomic E-state index is 6.81. The van der Waals surface area contributed by atoms with E-state index in [1.54, 1.807) is 0 Å².